The smallest absolute Gasteiger partial charge is 0.0410 e. The van der Waals surface area contributed by atoms with Crippen LogP contribution in [0.2, 0.25) is 0 Å². The summed E-state index contributed by atoms with van der Waals surface area (Å²) in [5.41, 5.74) is 1.33. The van der Waals surface area contributed by atoms with Crippen molar-refractivity contribution in [2.75, 3.05) is 6.54 Å². The molecular weight excluding hydrogens is 312 g/mol. The molecule has 1 aromatic heterocycles. The standard InChI is InChI=1S/C17H27BrN2/c1-2-20-17(9-8-14-6-4-3-5-7-14)11-15-10-16(18)13-19-12-15/h10,12-14,17,20H,2-9,11H2,1H3. The van der Waals surface area contributed by atoms with E-state index in [-0.39, 0.29) is 0 Å². The molecule has 1 heterocycles. The molecule has 3 heteroatoms. The zero-order chi connectivity index (χ0) is 14.2. The van der Waals surface area contributed by atoms with Gasteiger partial charge in [0.2, 0.25) is 0 Å². The summed E-state index contributed by atoms with van der Waals surface area (Å²) in [6, 6.07) is 2.79. The summed E-state index contributed by atoms with van der Waals surface area (Å²) in [6.07, 6.45) is 14.9. The van der Waals surface area contributed by atoms with Crippen molar-refractivity contribution in [1.82, 2.24) is 10.3 Å². The normalized spacial score (nSPS) is 18.1. The van der Waals surface area contributed by atoms with Crippen molar-refractivity contribution in [3.8, 4) is 0 Å². The van der Waals surface area contributed by atoms with Gasteiger partial charge in [-0.1, -0.05) is 39.0 Å². The van der Waals surface area contributed by atoms with Gasteiger partial charge < -0.3 is 5.32 Å². The molecule has 1 atom stereocenters. The number of nitrogens with zero attached hydrogens (tertiary/aromatic N) is 1. The number of aromatic nitrogens is 1. The third kappa shape index (κ3) is 5.53. The Balaban J connectivity index is 1.82. The van der Waals surface area contributed by atoms with Crippen LogP contribution in [-0.4, -0.2) is 17.6 Å². The molecule has 1 N–H and O–H groups in total. The maximum atomic E-state index is 4.27. The highest BCUT2D eigenvalue weighted by Crippen LogP contribution is 2.28. The highest BCUT2D eigenvalue weighted by Gasteiger charge is 2.16. The van der Waals surface area contributed by atoms with Gasteiger partial charge in [-0.2, -0.15) is 0 Å². The molecule has 2 nitrogen and oxygen atoms in total. The van der Waals surface area contributed by atoms with Crippen molar-refractivity contribution in [2.45, 2.75) is 64.3 Å². The Kier molecular flexibility index (Phi) is 7.01. The van der Waals surface area contributed by atoms with E-state index < -0.39 is 0 Å². The molecule has 0 aliphatic heterocycles. The summed E-state index contributed by atoms with van der Waals surface area (Å²) >= 11 is 3.51. The molecule has 1 aromatic rings. The average Bonchev–Trinajstić information content (AvgIpc) is 2.46. The molecule has 1 saturated carbocycles. The quantitative estimate of drug-likeness (QED) is 0.777. The van der Waals surface area contributed by atoms with Crippen molar-refractivity contribution in [3.05, 3.63) is 28.5 Å². The number of nitrogens with one attached hydrogen (secondary N) is 1. The second kappa shape index (κ2) is 8.78. The first-order valence-electron chi connectivity index (χ1n) is 8.10. The minimum atomic E-state index is 0.595. The summed E-state index contributed by atoms with van der Waals surface area (Å²) < 4.78 is 1.08. The number of halogens is 1. The first kappa shape index (κ1) is 16.0. The molecule has 112 valence electrons. The number of hydrogen-bond acceptors (Lipinski definition) is 2. The molecule has 1 aliphatic rings. The fraction of sp³-hybridized carbons (Fsp3) is 0.706. The van der Waals surface area contributed by atoms with Gasteiger partial charge in [0, 0.05) is 22.9 Å². The van der Waals surface area contributed by atoms with E-state index in [1.165, 1.54) is 50.5 Å². The predicted molar refractivity (Wildman–Crippen MR) is 88.9 cm³/mol. The SMILES string of the molecule is CCNC(CCC1CCCCC1)Cc1cncc(Br)c1. The van der Waals surface area contributed by atoms with Crippen molar-refractivity contribution in [2.24, 2.45) is 5.92 Å². The van der Waals surface area contributed by atoms with E-state index in [0.29, 0.717) is 6.04 Å². The Hall–Kier alpha value is -0.410. The molecule has 20 heavy (non-hydrogen) atoms. The fourth-order valence-corrected chi connectivity index (χ4v) is 3.74. The molecule has 0 aromatic carbocycles. The molecule has 0 saturated heterocycles. The van der Waals surface area contributed by atoms with Gasteiger partial charge in [-0.3, -0.25) is 4.98 Å². The molecule has 0 amide bonds. The predicted octanol–water partition coefficient (Wildman–Crippen LogP) is 4.73. The highest BCUT2D eigenvalue weighted by atomic mass is 79.9. The molecule has 1 unspecified atom stereocenters. The lowest BCUT2D eigenvalue weighted by Gasteiger charge is -2.24. The van der Waals surface area contributed by atoms with Crippen LogP contribution < -0.4 is 5.32 Å². The number of likely N-dealkylation sites (N-methyl/N-ethyl adjacent to an activating group) is 1. The van der Waals surface area contributed by atoms with Gasteiger partial charge in [0.25, 0.3) is 0 Å². The van der Waals surface area contributed by atoms with Gasteiger partial charge in [0.05, 0.1) is 0 Å². The second-order valence-electron chi connectivity index (χ2n) is 6.05. The maximum absolute atomic E-state index is 4.27. The van der Waals surface area contributed by atoms with E-state index in [4.69, 9.17) is 0 Å². The van der Waals surface area contributed by atoms with Crippen molar-refractivity contribution in [1.29, 1.82) is 0 Å². The van der Waals surface area contributed by atoms with Crippen LogP contribution in [-0.2, 0) is 6.42 Å². The molecule has 1 fully saturated rings. The van der Waals surface area contributed by atoms with Gasteiger partial charge >= 0.3 is 0 Å². The Morgan fingerprint density at radius 2 is 2.10 bits per heavy atom. The molecule has 0 bridgehead atoms. The van der Waals surface area contributed by atoms with Crippen LogP contribution in [0.15, 0.2) is 22.9 Å². The molecule has 2 rings (SSSR count). The van der Waals surface area contributed by atoms with Crippen LogP contribution in [0.1, 0.15) is 57.4 Å². The van der Waals surface area contributed by atoms with Crippen LogP contribution >= 0.6 is 15.9 Å². The van der Waals surface area contributed by atoms with Gasteiger partial charge in [0.15, 0.2) is 0 Å². The van der Waals surface area contributed by atoms with Gasteiger partial charge in [-0.15, -0.1) is 0 Å². The van der Waals surface area contributed by atoms with Crippen molar-refractivity contribution in [3.63, 3.8) is 0 Å². The van der Waals surface area contributed by atoms with Crippen LogP contribution in [0.25, 0.3) is 0 Å². The second-order valence-corrected chi connectivity index (χ2v) is 6.97. The van der Waals surface area contributed by atoms with E-state index >= 15 is 0 Å². The Bertz CT molecular complexity index is 388. The average molecular weight is 339 g/mol. The highest BCUT2D eigenvalue weighted by molar-refractivity contribution is 9.10. The van der Waals surface area contributed by atoms with Crippen LogP contribution in [0.5, 0.6) is 0 Å². The summed E-state index contributed by atoms with van der Waals surface area (Å²) in [5, 5.41) is 3.65. The van der Waals surface area contributed by atoms with E-state index in [0.717, 1.165) is 23.4 Å². The summed E-state index contributed by atoms with van der Waals surface area (Å²) in [6.45, 7) is 3.25. The molecular formula is C17H27BrN2. The minimum absolute atomic E-state index is 0.595. The van der Waals surface area contributed by atoms with E-state index in [1.807, 2.05) is 12.4 Å². The van der Waals surface area contributed by atoms with E-state index in [2.05, 4.69) is 39.2 Å². The molecule has 0 spiro atoms. The third-order valence-electron chi connectivity index (χ3n) is 4.38. The largest absolute Gasteiger partial charge is 0.314 e. The van der Waals surface area contributed by atoms with Crippen LogP contribution in [0.3, 0.4) is 0 Å². The Morgan fingerprint density at radius 1 is 1.30 bits per heavy atom. The summed E-state index contributed by atoms with van der Waals surface area (Å²) in [4.78, 5) is 4.27. The lowest BCUT2D eigenvalue weighted by molar-refractivity contribution is 0.313. The lowest BCUT2D eigenvalue weighted by atomic mass is 9.84. The third-order valence-corrected chi connectivity index (χ3v) is 4.82. The van der Waals surface area contributed by atoms with Crippen molar-refractivity contribution >= 4 is 15.9 Å². The summed E-state index contributed by atoms with van der Waals surface area (Å²) in [5.74, 6) is 0.977. The maximum Gasteiger partial charge on any atom is 0.0410 e. The molecule has 0 radical (unpaired) electrons. The Labute approximate surface area is 131 Å². The van der Waals surface area contributed by atoms with Crippen LogP contribution in [0.4, 0.5) is 0 Å². The lowest BCUT2D eigenvalue weighted by Crippen LogP contribution is -2.31. The fourth-order valence-electron chi connectivity index (χ4n) is 3.33. The van der Waals surface area contributed by atoms with E-state index in [9.17, 15) is 0 Å². The monoisotopic (exact) mass is 338 g/mol. The van der Waals surface area contributed by atoms with Gasteiger partial charge in [-0.05, 0) is 59.3 Å². The van der Waals surface area contributed by atoms with Crippen molar-refractivity contribution < 1.29 is 0 Å². The first-order chi connectivity index (χ1) is 9.78. The summed E-state index contributed by atoms with van der Waals surface area (Å²) in [7, 11) is 0. The van der Waals surface area contributed by atoms with Gasteiger partial charge in [0.1, 0.15) is 0 Å². The number of pyridine rings is 1. The Morgan fingerprint density at radius 3 is 2.80 bits per heavy atom. The zero-order valence-electron chi connectivity index (χ0n) is 12.6. The topological polar surface area (TPSA) is 24.9 Å². The van der Waals surface area contributed by atoms with Gasteiger partial charge in [-0.25, -0.2) is 0 Å². The van der Waals surface area contributed by atoms with E-state index in [1.54, 1.807) is 0 Å². The molecule has 1 aliphatic carbocycles. The zero-order valence-corrected chi connectivity index (χ0v) is 14.2. The van der Waals surface area contributed by atoms with Crippen LogP contribution in [0, 0.1) is 5.92 Å². The first-order valence-corrected chi connectivity index (χ1v) is 8.90. The number of rotatable bonds is 7. The number of hydrogen-bond donors (Lipinski definition) is 1. The minimum Gasteiger partial charge on any atom is -0.314 e.